The van der Waals surface area contributed by atoms with E-state index in [2.05, 4.69) is 30.6 Å². The van der Waals surface area contributed by atoms with Gasteiger partial charge in [0.1, 0.15) is 11.5 Å². The van der Waals surface area contributed by atoms with Crippen molar-refractivity contribution in [1.29, 1.82) is 0 Å². The molecule has 0 unspecified atom stereocenters. The van der Waals surface area contributed by atoms with E-state index in [-0.39, 0.29) is 17.9 Å². The van der Waals surface area contributed by atoms with Gasteiger partial charge < -0.3 is 14.8 Å². The molecule has 2 aromatic rings. The molecule has 0 spiro atoms. The Kier molecular flexibility index (Phi) is 5.44. The molecular weight excluding hydrogens is 298 g/mol. The Hall–Kier alpha value is -2.01. The van der Waals surface area contributed by atoms with Gasteiger partial charge >= 0.3 is 0 Å². The Balaban J connectivity index is 1.78. The number of carbonyl (C=O) groups is 1. The van der Waals surface area contributed by atoms with Crippen molar-refractivity contribution in [2.75, 3.05) is 20.3 Å². The molecule has 0 saturated heterocycles. The highest BCUT2D eigenvalue weighted by atomic mass is 32.1. The molecule has 0 fully saturated rings. The van der Waals surface area contributed by atoms with Gasteiger partial charge in [0.05, 0.1) is 7.11 Å². The number of hydrogen-bond acceptors (Lipinski definition) is 4. The van der Waals surface area contributed by atoms with Crippen LogP contribution in [0.15, 0.2) is 41.1 Å². The van der Waals surface area contributed by atoms with Crippen LogP contribution in [-0.4, -0.2) is 26.2 Å². The van der Waals surface area contributed by atoms with Crippen LogP contribution in [0.1, 0.15) is 19.4 Å². The minimum absolute atomic E-state index is 0.00600. The Morgan fingerprint density at radius 2 is 1.86 bits per heavy atom. The van der Waals surface area contributed by atoms with Gasteiger partial charge in [0, 0.05) is 12.0 Å². The average Bonchev–Trinajstić information content (AvgIpc) is 3.07. The summed E-state index contributed by atoms with van der Waals surface area (Å²) in [7, 11) is 1.61. The molecule has 0 saturated carbocycles. The summed E-state index contributed by atoms with van der Waals surface area (Å²) in [5, 5.41) is 7.08. The highest BCUT2D eigenvalue weighted by Crippen LogP contribution is 2.24. The van der Waals surface area contributed by atoms with Gasteiger partial charge in [-0.05, 0) is 46.7 Å². The second-order valence-corrected chi connectivity index (χ2v) is 6.42. The molecule has 1 aromatic heterocycles. The normalized spacial score (nSPS) is 11.0. The number of benzene rings is 1. The van der Waals surface area contributed by atoms with E-state index < -0.39 is 0 Å². The van der Waals surface area contributed by atoms with E-state index in [0.29, 0.717) is 12.3 Å². The number of carbonyl (C=O) groups excluding carboxylic acids is 1. The summed E-state index contributed by atoms with van der Waals surface area (Å²) < 4.78 is 10.5. The molecule has 0 aliphatic carbocycles. The van der Waals surface area contributed by atoms with Crippen LogP contribution in [0.2, 0.25) is 0 Å². The van der Waals surface area contributed by atoms with Crippen LogP contribution >= 0.6 is 11.3 Å². The number of rotatable bonds is 7. The standard InChI is InChI=1S/C17H21NO3S/c1-17(2,13-8-9-22-11-13)12-18-16(19)10-21-15-6-4-14(20-3)5-7-15/h4-9,11H,10,12H2,1-3H3,(H,18,19). The van der Waals surface area contributed by atoms with Crippen LogP contribution < -0.4 is 14.8 Å². The molecule has 118 valence electrons. The molecule has 0 atom stereocenters. The zero-order valence-electron chi connectivity index (χ0n) is 13.1. The quantitative estimate of drug-likeness (QED) is 0.852. The van der Waals surface area contributed by atoms with Gasteiger partial charge in [0.15, 0.2) is 6.61 Å². The van der Waals surface area contributed by atoms with Crippen LogP contribution in [0.3, 0.4) is 0 Å². The van der Waals surface area contributed by atoms with Crippen molar-refractivity contribution < 1.29 is 14.3 Å². The summed E-state index contributed by atoms with van der Waals surface area (Å²) in [5.74, 6) is 1.28. The fourth-order valence-corrected chi connectivity index (χ4v) is 2.79. The lowest BCUT2D eigenvalue weighted by molar-refractivity contribution is -0.123. The fraction of sp³-hybridized carbons (Fsp3) is 0.353. The van der Waals surface area contributed by atoms with Crippen molar-refractivity contribution in [3.63, 3.8) is 0 Å². The van der Waals surface area contributed by atoms with Crippen LogP contribution in [0.5, 0.6) is 11.5 Å². The van der Waals surface area contributed by atoms with E-state index in [1.54, 1.807) is 42.7 Å². The molecule has 0 aliphatic heterocycles. The fourth-order valence-electron chi connectivity index (χ4n) is 1.94. The summed E-state index contributed by atoms with van der Waals surface area (Å²) in [4.78, 5) is 11.9. The first-order valence-electron chi connectivity index (χ1n) is 7.07. The van der Waals surface area contributed by atoms with Crippen molar-refractivity contribution >= 4 is 17.2 Å². The van der Waals surface area contributed by atoms with Crippen molar-refractivity contribution in [3.05, 3.63) is 46.7 Å². The molecule has 0 bridgehead atoms. The first-order chi connectivity index (χ1) is 10.5. The van der Waals surface area contributed by atoms with Crippen molar-refractivity contribution in [2.24, 2.45) is 0 Å². The molecule has 0 aliphatic rings. The molecule has 1 amide bonds. The third-order valence-electron chi connectivity index (χ3n) is 3.46. The van der Waals surface area contributed by atoms with Gasteiger partial charge in [-0.2, -0.15) is 11.3 Å². The van der Waals surface area contributed by atoms with E-state index in [1.165, 1.54) is 5.56 Å². The van der Waals surface area contributed by atoms with Gasteiger partial charge in [-0.15, -0.1) is 0 Å². The number of amides is 1. The second-order valence-electron chi connectivity index (χ2n) is 5.64. The minimum Gasteiger partial charge on any atom is -0.497 e. The Labute approximate surface area is 135 Å². The van der Waals surface area contributed by atoms with E-state index in [0.717, 1.165) is 5.75 Å². The van der Waals surface area contributed by atoms with Crippen molar-refractivity contribution in [2.45, 2.75) is 19.3 Å². The third-order valence-corrected chi connectivity index (χ3v) is 4.14. The Morgan fingerprint density at radius 1 is 1.18 bits per heavy atom. The average molecular weight is 319 g/mol. The predicted octanol–water partition coefficient (Wildman–Crippen LogP) is 3.23. The van der Waals surface area contributed by atoms with Crippen molar-refractivity contribution in [3.8, 4) is 11.5 Å². The van der Waals surface area contributed by atoms with Gasteiger partial charge in [-0.1, -0.05) is 13.8 Å². The summed E-state index contributed by atoms with van der Waals surface area (Å²) in [5.41, 5.74) is 1.14. The maximum atomic E-state index is 11.9. The molecule has 4 nitrogen and oxygen atoms in total. The maximum absolute atomic E-state index is 11.9. The lowest BCUT2D eigenvalue weighted by Crippen LogP contribution is -2.38. The molecule has 2 rings (SSSR count). The smallest absolute Gasteiger partial charge is 0.257 e. The van der Waals surface area contributed by atoms with E-state index in [4.69, 9.17) is 9.47 Å². The third kappa shape index (κ3) is 4.49. The SMILES string of the molecule is COc1ccc(OCC(=O)NCC(C)(C)c2ccsc2)cc1. The molecule has 1 heterocycles. The van der Waals surface area contributed by atoms with Gasteiger partial charge in [-0.3, -0.25) is 4.79 Å². The van der Waals surface area contributed by atoms with Gasteiger partial charge in [0.25, 0.3) is 5.91 Å². The molecule has 1 N–H and O–H groups in total. The Bertz CT molecular complexity index is 591. The van der Waals surface area contributed by atoms with E-state index >= 15 is 0 Å². The summed E-state index contributed by atoms with van der Waals surface area (Å²) in [6.07, 6.45) is 0. The molecule has 1 aromatic carbocycles. The first-order valence-corrected chi connectivity index (χ1v) is 8.02. The topological polar surface area (TPSA) is 47.6 Å². The summed E-state index contributed by atoms with van der Waals surface area (Å²) in [6, 6.07) is 9.24. The zero-order chi connectivity index (χ0) is 16.0. The van der Waals surface area contributed by atoms with Crippen LogP contribution in [-0.2, 0) is 10.2 Å². The Morgan fingerprint density at radius 3 is 2.45 bits per heavy atom. The monoisotopic (exact) mass is 319 g/mol. The van der Waals surface area contributed by atoms with E-state index in [9.17, 15) is 4.79 Å². The maximum Gasteiger partial charge on any atom is 0.257 e. The minimum atomic E-state index is -0.126. The number of methoxy groups -OCH3 is 1. The summed E-state index contributed by atoms with van der Waals surface area (Å²) >= 11 is 1.66. The lowest BCUT2D eigenvalue weighted by atomic mass is 9.86. The van der Waals surface area contributed by atoms with Crippen LogP contribution in [0.4, 0.5) is 0 Å². The zero-order valence-corrected chi connectivity index (χ0v) is 13.9. The van der Waals surface area contributed by atoms with Crippen LogP contribution in [0, 0.1) is 0 Å². The van der Waals surface area contributed by atoms with Gasteiger partial charge in [-0.25, -0.2) is 0 Å². The highest BCUT2D eigenvalue weighted by Gasteiger charge is 2.21. The molecule has 5 heteroatoms. The number of nitrogens with one attached hydrogen (secondary N) is 1. The largest absolute Gasteiger partial charge is 0.497 e. The van der Waals surface area contributed by atoms with Crippen molar-refractivity contribution in [1.82, 2.24) is 5.32 Å². The summed E-state index contributed by atoms with van der Waals surface area (Å²) in [6.45, 7) is 4.81. The second kappa shape index (κ2) is 7.31. The van der Waals surface area contributed by atoms with E-state index in [1.807, 2.05) is 5.38 Å². The lowest BCUT2D eigenvalue weighted by Gasteiger charge is -2.24. The first kappa shape index (κ1) is 16.4. The number of hydrogen-bond donors (Lipinski definition) is 1. The highest BCUT2D eigenvalue weighted by molar-refractivity contribution is 7.08. The molecular formula is C17H21NO3S. The number of ether oxygens (including phenoxy) is 2. The molecule has 0 radical (unpaired) electrons. The number of thiophene rings is 1. The predicted molar refractivity (Wildman–Crippen MR) is 88.8 cm³/mol. The van der Waals surface area contributed by atoms with Gasteiger partial charge in [0.2, 0.25) is 0 Å². The molecule has 22 heavy (non-hydrogen) atoms. The van der Waals surface area contributed by atoms with Crippen LogP contribution in [0.25, 0.3) is 0 Å².